The fourth-order valence-electron chi connectivity index (χ4n) is 4.12. The number of carbonyl (C=O) groups is 2. The minimum atomic E-state index is -0.928. The smallest absolute Gasteiger partial charge is 0.215 e. The summed E-state index contributed by atoms with van der Waals surface area (Å²) in [6.45, 7) is 8.97. The average molecular weight is 282 g/mol. The van der Waals surface area contributed by atoms with Gasteiger partial charge in [-0.25, -0.2) is 0 Å². The lowest BCUT2D eigenvalue weighted by molar-refractivity contribution is -0.206. The highest BCUT2D eigenvalue weighted by Crippen LogP contribution is 2.68. The molecule has 0 aromatic rings. The molecule has 2 aliphatic carbocycles. The summed E-state index contributed by atoms with van der Waals surface area (Å²) in [5, 5.41) is 0. The van der Waals surface area contributed by atoms with Crippen molar-refractivity contribution >= 4 is 12.6 Å². The topological polar surface area (TPSA) is 52.6 Å². The molecule has 0 amide bonds. The number of rotatable bonds is 6. The Kier molecular flexibility index (Phi) is 4.35. The largest absolute Gasteiger partial charge is 0.342 e. The van der Waals surface area contributed by atoms with Crippen molar-refractivity contribution < 1.29 is 19.1 Å². The lowest BCUT2D eigenvalue weighted by Gasteiger charge is -2.49. The van der Waals surface area contributed by atoms with E-state index in [1.54, 1.807) is 0 Å². The van der Waals surface area contributed by atoms with Crippen LogP contribution < -0.4 is 0 Å². The highest BCUT2D eigenvalue weighted by Gasteiger charge is 2.62. The Bertz CT molecular complexity index is 379. The van der Waals surface area contributed by atoms with Gasteiger partial charge in [0.15, 0.2) is 6.29 Å². The minimum Gasteiger partial charge on any atom is -0.342 e. The number of aldehydes is 2. The maximum atomic E-state index is 11.0. The molecule has 2 rings (SSSR count). The van der Waals surface area contributed by atoms with Gasteiger partial charge in [0.05, 0.1) is 6.10 Å². The minimum absolute atomic E-state index is 0.00206. The summed E-state index contributed by atoms with van der Waals surface area (Å²) in [4.78, 5) is 21.3. The summed E-state index contributed by atoms with van der Waals surface area (Å²) < 4.78 is 10.9. The monoisotopic (exact) mass is 282 g/mol. The van der Waals surface area contributed by atoms with Gasteiger partial charge < -0.3 is 14.3 Å². The van der Waals surface area contributed by atoms with E-state index in [9.17, 15) is 9.59 Å². The SMILES string of the molecule is CC1CC12CCC(OC(C=O)OCC=O)C(C)(C)C2C. The third-order valence-corrected chi connectivity index (χ3v) is 5.93. The highest BCUT2D eigenvalue weighted by molar-refractivity contribution is 5.55. The zero-order valence-corrected chi connectivity index (χ0v) is 12.9. The van der Waals surface area contributed by atoms with Crippen molar-refractivity contribution in [1.29, 1.82) is 0 Å². The van der Waals surface area contributed by atoms with E-state index in [4.69, 9.17) is 9.47 Å². The van der Waals surface area contributed by atoms with E-state index in [2.05, 4.69) is 27.7 Å². The molecule has 0 aliphatic heterocycles. The van der Waals surface area contributed by atoms with Crippen LogP contribution in [0.5, 0.6) is 0 Å². The molecule has 0 N–H and O–H groups in total. The molecule has 4 heteroatoms. The normalized spacial score (nSPS) is 40.3. The standard InChI is InChI=1S/C16H26O4/c1-11-9-16(11)6-5-13(15(3,4)12(16)2)20-14(10-18)19-8-7-17/h7,10-14H,5-6,8-9H2,1-4H3. The van der Waals surface area contributed by atoms with Crippen molar-refractivity contribution in [1.82, 2.24) is 0 Å². The van der Waals surface area contributed by atoms with Crippen LogP contribution in [-0.4, -0.2) is 31.6 Å². The highest BCUT2D eigenvalue weighted by atomic mass is 16.7. The second kappa shape index (κ2) is 5.57. The zero-order chi connectivity index (χ0) is 15.0. The third kappa shape index (κ3) is 2.56. The molecule has 2 saturated carbocycles. The van der Waals surface area contributed by atoms with E-state index in [1.807, 2.05) is 0 Å². The van der Waals surface area contributed by atoms with Crippen LogP contribution >= 0.6 is 0 Å². The Hall–Kier alpha value is -0.740. The lowest BCUT2D eigenvalue weighted by atomic mass is 9.60. The maximum absolute atomic E-state index is 11.0. The Morgan fingerprint density at radius 1 is 1.30 bits per heavy atom. The van der Waals surface area contributed by atoms with Crippen molar-refractivity contribution in [3.05, 3.63) is 0 Å². The summed E-state index contributed by atoms with van der Waals surface area (Å²) in [6, 6.07) is 0. The molecule has 0 heterocycles. The van der Waals surface area contributed by atoms with Crippen molar-refractivity contribution in [2.45, 2.75) is 59.4 Å². The van der Waals surface area contributed by atoms with Crippen molar-refractivity contribution in [3.8, 4) is 0 Å². The summed E-state index contributed by atoms with van der Waals surface area (Å²) in [5.74, 6) is 1.35. The van der Waals surface area contributed by atoms with Crippen LogP contribution in [0.1, 0.15) is 47.0 Å². The van der Waals surface area contributed by atoms with Gasteiger partial charge in [0.1, 0.15) is 12.9 Å². The van der Waals surface area contributed by atoms with E-state index >= 15 is 0 Å². The average Bonchev–Trinajstić information content (AvgIpc) is 3.06. The Labute approximate surface area is 121 Å². The van der Waals surface area contributed by atoms with Crippen LogP contribution in [0.3, 0.4) is 0 Å². The molecule has 4 nitrogen and oxygen atoms in total. The van der Waals surface area contributed by atoms with Crippen LogP contribution in [0, 0.1) is 22.7 Å². The quantitative estimate of drug-likeness (QED) is 0.555. The van der Waals surface area contributed by atoms with Crippen LogP contribution in [0.4, 0.5) is 0 Å². The van der Waals surface area contributed by atoms with Crippen LogP contribution in [0.2, 0.25) is 0 Å². The van der Waals surface area contributed by atoms with Crippen molar-refractivity contribution in [3.63, 3.8) is 0 Å². The Morgan fingerprint density at radius 3 is 2.45 bits per heavy atom. The van der Waals surface area contributed by atoms with Crippen LogP contribution in [0.25, 0.3) is 0 Å². The van der Waals surface area contributed by atoms with Gasteiger partial charge in [-0.3, -0.25) is 4.79 Å². The van der Waals surface area contributed by atoms with Gasteiger partial charge in [-0.1, -0.05) is 27.7 Å². The fraction of sp³-hybridized carbons (Fsp3) is 0.875. The molecule has 0 aromatic carbocycles. The summed E-state index contributed by atoms with van der Waals surface area (Å²) in [5.41, 5.74) is 0.485. The van der Waals surface area contributed by atoms with Gasteiger partial charge in [0.2, 0.25) is 6.29 Å². The molecule has 1 spiro atoms. The van der Waals surface area contributed by atoms with Crippen molar-refractivity contribution in [2.24, 2.45) is 22.7 Å². The van der Waals surface area contributed by atoms with E-state index in [0.29, 0.717) is 23.9 Å². The van der Waals surface area contributed by atoms with E-state index < -0.39 is 6.29 Å². The molecule has 20 heavy (non-hydrogen) atoms. The molecule has 114 valence electrons. The van der Waals surface area contributed by atoms with E-state index in [0.717, 1.165) is 18.8 Å². The molecular weight excluding hydrogens is 256 g/mol. The first-order chi connectivity index (χ1) is 9.38. The van der Waals surface area contributed by atoms with Crippen LogP contribution in [-0.2, 0) is 19.1 Å². The summed E-state index contributed by atoms with van der Waals surface area (Å²) in [6.07, 6.45) is 3.76. The molecule has 2 fully saturated rings. The van der Waals surface area contributed by atoms with Crippen LogP contribution in [0.15, 0.2) is 0 Å². The maximum Gasteiger partial charge on any atom is 0.215 e. The molecule has 0 bridgehead atoms. The number of hydrogen-bond donors (Lipinski definition) is 0. The molecular formula is C16H26O4. The fourth-order valence-corrected chi connectivity index (χ4v) is 4.12. The molecule has 0 radical (unpaired) electrons. The first-order valence-electron chi connectivity index (χ1n) is 7.54. The number of ether oxygens (including phenoxy) is 2. The van der Waals surface area contributed by atoms with Gasteiger partial charge >= 0.3 is 0 Å². The predicted octanol–water partition coefficient (Wildman–Crippen LogP) is 2.59. The third-order valence-electron chi connectivity index (χ3n) is 5.93. The van der Waals surface area contributed by atoms with Gasteiger partial charge in [-0.05, 0) is 41.9 Å². The first kappa shape index (κ1) is 15.6. The van der Waals surface area contributed by atoms with Gasteiger partial charge in [-0.2, -0.15) is 0 Å². The van der Waals surface area contributed by atoms with Gasteiger partial charge in [0, 0.05) is 0 Å². The number of carbonyl (C=O) groups excluding carboxylic acids is 2. The van der Waals surface area contributed by atoms with Gasteiger partial charge in [-0.15, -0.1) is 0 Å². The molecule has 0 saturated heterocycles. The zero-order valence-electron chi connectivity index (χ0n) is 12.9. The molecule has 5 unspecified atom stereocenters. The molecule has 0 aromatic heterocycles. The molecule has 2 aliphatic rings. The summed E-state index contributed by atoms with van der Waals surface area (Å²) >= 11 is 0. The Balaban J connectivity index is 2.02. The molecule has 5 atom stereocenters. The lowest BCUT2D eigenvalue weighted by Crippen LogP contribution is -2.48. The predicted molar refractivity (Wildman–Crippen MR) is 75.1 cm³/mol. The van der Waals surface area contributed by atoms with Crippen molar-refractivity contribution in [2.75, 3.05) is 6.61 Å². The second-order valence-electron chi connectivity index (χ2n) is 7.05. The second-order valence-corrected chi connectivity index (χ2v) is 7.05. The Morgan fingerprint density at radius 2 is 1.95 bits per heavy atom. The van der Waals surface area contributed by atoms with E-state index in [-0.39, 0.29) is 18.1 Å². The van der Waals surface area contributed by atoms with Gasteiger partial charge in [0.25, 0.3) is 0 Å². The number of hydrogen-bond acceptors (Lipinski definition) is 4. The summed E-state index contributed by atoms with van der Waals surface area (Å²) in [7, 11) is 0. The first-order valence-corrected chi connectivity index (χ1v) is 7.54. The van der Waals surface area contributed by atoms with E-state index in [1.165, 1.54) is 6.42 Å².